The second-order valence-corrected chi connectivity index (χ2v) is 6.62. The Labute approximate surface area is 138 Å². The van der Waals surface area contributed by atoms with Crippen molar-refractivity contribution in [1.29, 1.82) is 0 Å². The summed E-state index contributed by atoms with van der Waals surface area (Å²) in [4.78, 5) is 16.2. The highest BCUT2D eigenvalue weighted by Gasteiger charge is 2.38. The summed E-state index contributed by atoms with van der Waals surface area (Å²) in [5, 5.41) is 1.98. The summed E-state index contributed by atoms with van der Waals surface area (Å²) in [5.41, 5.74) is 3.13. The lowest BCUT2D eigenvalue weighted by Gasteiger charge is -2.30. The van der Waals surface area contributed by atoms with Crippen LogP contribution in [0.2, 0.25) is 0 Å². The van der Waals surface area contributed by atoms with E-state index in [4.69, 9.17) is 0 Å². The zero-order valence-electron chi connectivity index (χ0n) is 13.6. The Balaban J connectivity index is 1.84. The molecule has 0 bridgehead atoms. The van der Waals surface area contributed by atoms with Gasteiger partial charge >= 0.3 is 6.18 Å². The molecule has 1 aliphatic carbocycles. The fourth-order valence-corrected chi connectivity index (χ4v) is 3.23. The van der Waals surface area contributed by atoms with E-state index in [1.165, 1.54) is 12.1 Å². The number of hydrogen-bond donors (Lipinski definition) is 1. The Morgan fingerprint density at radius 3 is 2.42 bits per heavy atom. The summed E-state index contributed by atoms with van der Waals surface area (Å²) in [7, 11) is 0. The van der Waals surface area contributed by atoms with Crippen LogP contribution in [0, 0.1) is 5.92 Å². The molecule has 2 atom stereocenters. The van der Waals surface area contributed by atoms with Crippen molar-refractivity contribution in [3.8, 4) is 0 Å². The fraction of sp³-hybridized carbons (Fsp3) is 0.529. The Morgan fingerprint density at radius 2 is 1.92 bits per heavy atom. The Kier molecular flexibility index (Phi) is 4.38. The Morgan fingerprint density at radius 1 is 1.25 bits per heavy atom. The Hall–Kier alpha value is -1.89. The van der Waals surface area contributed by atoms with Crippen molar-refractivity contribution in [3.63, 3.8) is 0 Å². The van der Waals surface area contributed by atoms with Gasteiger partial charge < -0.3 is 5.43 Å². The van der Waals surface area contributed by atoms with Crippen molar-refractivity contribution in [1.82, 2.24) is 10.4 Å². The minimum atomic E-state index is -4.35. The lowest BCUT2D eigenvalue weighted by Crippen LogP contribution is -2.47. The highest BCUT2D eigenvalue weighted by Crippen LogP contribution is 2.32. The largest absolute Gasteiger partial charge is 0.416 e. The molecular formula is C17H20F3N3O. The van der Waals surface area contributed by atoms with E-state index >= 15 is 0 Å². The smallest absolute Gasteiger partial charge is 0.301 e. The summed E-state index contributed by atoms with van der Waals surface area (Å²) in [5.74, 6) is 0.961. The maximum Gasteiger partial charge on any atom is 0.416 e. The lowest BCUT2D eigenvalue weighted by molar-refractivity contribution is -0.137. The molecular weight excluding hydrogens is 319 g/mol. The molecule has 2 aliphatic rings. The van der Waals surface area contributed by atoms with Gasteiger partial charge in [-0.3, -0.25) is 4.79 Å². The van der Waals surface area contributed by atoms with Gasteiger partial charge in [-0.1, -0.05) is 12.1 Å². The first-order chi connectivity index (χ1) is 11.3. The van der Waals surface area contributed by atoms with Gasteiger partial charge in [-0.15, -0.1) is 0 Å². The predicted molar refractivity (Wildman–Crippen MR) is 84.2 cm³/mol. The number of benzene rings is 1. The SMILES string of the molecule is CC(C)N1NC(c2ccc(C(F)(F)F)cc2)=NC1C1CCC(=O)C1. The van der Waals surface area contributed by atoms with E-state index in [1.54, 1.807) is 0 Å². The van der Waals surface area contributed by atoms with Crippen LogP contribution in [0.15, 0.2) is 29.3 Å². The first kappa shape index (κ1) is 17.0. The second-order valence-electron chi connectivity index (χ2n) is 6.62. The average molecular weight is 339 g/mol. The fourth-order valence-electron chi connectivity index (χ4n) is 3.23. The number of aliphatic imine (C=N–C) groups is 1. The van der Waals surface area contributed by atoms with Gasteiger partial charge in [-0.25, -0.2) is 4.99 Å². The standard InChI is InChI=1S/C17H20F3N3O/c1-10(2)23-16(12-5-8-14(24)9-12)21-15(22-23)11-3-6-13(7-4-11)17(18,19)20/h3-4,6-7,10,12,16H,5,8-9H2,1-2H3,(H,21,22). The van der Waals surface area contributed by atoms with Crippen LogP contribution in [0.1, 0.15) is 44.2 Å². The maximum atomic E-state index is 12.7. The van der Waals surface area contributed by atoms with E-state index in [0.717, 1.165) is 18.6 Å². The molecule has 1 saturated carbocycles. The molecule has 4 nitrogen and oxygen atoms in total. The van der Waals surface area contributed by atoms with E-state index in [1.807, 2.05) is 18.9 Å². The van der Waals surface area contributed by atoms with Gasteiger partial charge in [-0.05, 0) is 32.4 Å². The van der Waals surface area contributed by atoms with Crippen LogP contribution in [0.3, 0.4) is 0 Å². The third kappa shape index (κ3) is 3.31. The number of nitrogens with zero attached hydrogens (tertiary/aromatic N) is 2. The van der Waals surface area contributed by atoms with E-state index in [-0.39, 0.29) is 23.9 Å². The first-order valence-electron chi connectivity index (χ1n) is 8.08. The number of carbonyl (C=O) groups excluding carboxylic acids is 1. The van der Waals surface area contributed by atoms with Crippen molar-refractivity contribution in [2.24, 2.45) is 10.9 Å². The van der Waals surface area contributed by atoms with Crippen molar-refractivity contribution in [2.45, 2.75) is 51.5 Å². The van der Waals surface area contributed by atoms with Crippen LogP contribution < -0.4 is 5.43 Å². The van der Waals surface area contributed by atoms with E-state index < -0.39 is 11.7 Å². The van der Waals surface area contributed by atoms with Crippen molar-refractivity contribution in [3.05, 3.63) is 35.4 Å². The number of carbonyl (C=O) groups is 1. The lowest BCUT2D eigenvalue weighted by atomic mass is 10.0. The molecule has 24 heavy (non-hydrogen) atoms. The van der Waals surface area contributed by atoms with E-state index in [9.17, 15) is 18.0 Å². The van der Waals surface area contributed by atoms with Crippen LogP contribution in [0.5, 0.6) is 0 Å². The summed E-state index contributed by atoms with van der Waals surface area (Å²) < 4.78 is 38.0. The number of nitrogens with one attached hydrogen (secondary N) is 1. The first-order valence-corrected chi connectivity index (χ1v) is 8.08. The zero-order chi connectivity index (χ0) is 17.5. The van der Waals surface area contributed by atoms with Crippen LogP contribution >= 0.6 is 0 Å². The number of amidine groups is 1. The molecule has 0 radical (unpaired) electrons. The van der Waals surface area contributed by atoms with Crippen molar-refractivity contribution >= 4 is 11.6 Å². The molecule has 0 aromatic heterocycles. The minimum Gasteiger partial charge on any atom is -0.301 e. The van der Waals surface area contributed by atoms with Gasteiger partial charge in [0.05, 0.1) is 5.56 Å². The van der Waals surface area contributed by atoms with Gasteiger partial charge in [0, 0.05) is 30.4 Å². The van der Waals surface area contributed by atoms with Gasteiger partial charge in [0.2, 0.25) is 0 Å². The third-order valence-electron chi connectivity index (χ3n) is 4.53. The van der Waals surface area contributed by atoms with Gasteiger partial charge in [0.15, 0.2) is 0 Å². The molecule has 2 unspecified atom stereocenters. The number of Topliss-reactive ketones (excluding diaryl/α,β-unsaturated/α-hetero) is 1. The molecule has 7 heteroatoms. The highest BCUT2D eigenvalue weighted by molar-refractivity contribution is 5.99. The van der Waals surface area contributed by atoms with Crippen molar-refractivity contribution in [2.75, 3.05) is 0 Å². The number of ketones is 1. The molecule has 1 aromatic rings. The summed E-state index contributed by atoms with van der Waals surface area (Å²) >= 11 is 0. The number of alkyl halides is 3. The molecule has 1 aliphatic heterocycles. The summed E-state index contributed by atoms with van der Waals surface area (Å²) in [6.45, 7) is 4.03. The van der Waals surface area contributed by atoms with Crippen LogP contribution in [-0.2, 0) is 11.0 Å². The number of hydrazine groups is 1. The maximum absolute atomic E-state index is 12.7. The van der Waals surface area contributed by atoms with Crippen LogP contribution in [-0.4, -0.2) is 28.8 Å². The number of rotatable bonds is 3. The van der Waals surface area contributed by atoms with Gasteiger partial charge in [0.1, 0.15) is 17.8 Å². The van der Waals surface area contributed by atoms with Crippen LogP contribution in [0.4, 0.5) is 13.2 Å². The normalized spacial score (nSPS) is 25.2. The topological polar surface area (TPSA) is 44.7 Å². The number of halogens is 3. The van der Waals surface area contributed by atoms with E-state index in [2.05, 4.69) is 10.4 Å². The van der Waals surface area contributed by atoms with Gasteiger partial charge in [-0.2, -0.15) is 18.2 Å². The minimum absolute atomic E-state index is 0.152. The molecule has 0 saturated heterocycles. The molecule has 0 spiro atoms. The molecule has 130 valence electrons. The van der Waals surface area contributed by atoms with Crippen LogP contribution in [0.25, 0.3) is 0 Å². The van der Waals surface area contributed by atoms with E-state index in [0.29, 0.717) is 24.2 Å². The highest BCUT2D eigenvalue weighted by atomic mass is 19.4. The number of hydrogen-bond acceptors (Lipinski definition) is 4. The molecule has 0 amide bonds. The third-order valence-corrected chi connectivity index (χ3v) is 4.53. The van der Waals surface area contributed by atoms with Gasteiger partial charge in [0.25, 0.3) is 0 Å². The molecule has 1 heterocycles. The molecule has 1 fully saturated rings. The predicted octanol–water partition coefficient (Wildman–Crippen LogP) is 3.38. The zero-order valence-corrected chi connectivity index (χ0v) is 13.6. The monoisotopic (exact) mass is 339 g/mol. The average Bonchev–Trinajstić information content (AvgIpc) is 3.12. The quantitative estimate of drug-likeness (QED) is 0.918. The summed E-state index contributed by atoms with van der Waals surface area (Å²) in [6, 6.07) is 5.13. The molecule has 1 aromatic carbocycles. The second kappa shape index (κ2) is 6.20. The Bertz CT molecular complexity index is 652. The molecule has 1 N–H and O–H groups in total. The molecule has 3 rings (SSSR count). The van der Waals surface area contributed by atoms with Crippen molar-refractivity contribution < 1.29 is 18.0 Å². The summed E-state index contributed by atoms with van der Waals surface area (Å²) in [6.07, 6.45) is -2.61.